The van der Waals surface area contributed by atoms with Crippen LogP contribution < -0.4 is 11.1 Å². The molecule has 0 unspecified atom stereocenters. The van der Waals surface area contributed by atoms with Crippen LogP contribution in [0.25, 0.3) is 11.1 Å². The Kier molecular flexibility index (Phi) is 5.50. The highest BCUT2D eigenvalue weighted by Gasteiger charge is 2.27. The molecule has 2 heterocycles. The van der Waals surface area contributed by atoms with Crippen molar-refractivity contribution in [1.29, 1.82) is 0 Å². The normalized spacial score (nSPS) is 19.5. The average molecular weight is 434 g/mol. The molecule has 31 heavy (non-hydrogen) atoms. The molecular formula is C25H27N3O2S. The monoisotopic (exact) mass is 433 g/mol. The summed E-state index contributed by atoms with van der Waals surface area (Å²) >= 11 is 1.71. The van der Waals surface area contributed by atoms with Gasteiger partial charge < -0.3 is 15.8 Å². The highest BCUT2D eigenvalue weighted by Crippen LogP contribution is 2.42. The van der Waals surface area contributed by atoms with E-state index in [0.717, 1.165) is 61.2 Å². The molecule has 2 aromatic heterocycles. The number of esters is 1. The van der Waals surface area contributed by atoms with Gasteiger partial charge in [0.2, 0.25) is 0 Å². The zero-order valence-corrected chi connectivity index (χ0v) is 18.5. The number of methoxy groups -OCH3 is 1. The Labute approximate surface area is 186 Å². The van der Waals surface area contributed by atoms with Crippen LogP contribution in [-0.4, -0.2) is 30.1 Å². The maximum atomic E-state index is 12.0. The second kappa shape index (κ2) is 8.44. The first-order valence-electron chi connectivity index (χ1n) is 10.9. The molecule has 1 fully saturated rings. The highest BCUT2D eigenvalue weighted by atomic mass is 32.1. The van der Waals surface area contributed by atoms with Gasteiger partial charge >= 0.3 is 5.97 Å². The van der Waals surface area contributed by atoms with Crippen LogP contribution >= 0.6 is 11.3 Å². The Hall–Kier alpha value is -2.70. The minimum absolute atomic E-state index is 0.299. The highest BCUT2D eigenvalue weighted by molar-refractivity contribution is 7.07. The number of benzene rings is 1. The van der Waals surface area contributed by atoms with E-state index in [-0.39, 0.29) is 5.97 Å². The molecule has 1 aromatic carbocycles. The van der Waals surface area contributed by atoms with Gasteiger partial charge in [-0.1, -0.05) is 6.07 Å². The van der Waals surface area contributed by atoms with Gasteiger partial charge in [0.15, 0.2) is 0 Å². The van der Waals surface area contributed by atoms with Crippen LogP contribution in [0, 0.1) is 0 Å². The van der Waals surface area contributed by atoms with Crippen molar-refractivity contribution in [2.45, 2.75) is 50.6 Å². The lowest BCUT2D eigenvalue weighted by atomic mass is 9.91. The van der Waals surface area contributed by atoms with Crippen molar-refractivity contribution in [3.8, 4) is 11.1 Å². The number of ether oxygens (including phenoxy) is 1. The van der Waals surface area contributed by atoms with Crippen molar-refractivity contribution in [1.82, 2.24) is 4.98 Å². The van der Waals surface area contributed by atoms with Gasteiger partial charge in [0.1, 0.15) is 5.82 Å². The van der Waals surface area contributed by atoms with Gasteiger partial charge in [-0.25, -0.2) is 9.78 Å². The molecule has 0 aliphatic heterocycles. The SMILES string of the molecule is COC(=O)c1ccc2c(c1)Cc1cc(Cc3ccsc3)nc(NC3CCC(N)CC3)c1-2. The third kappa shape index (κ3) is 4.10. The second-order valence-corrected chi connectivity index (χ2v) is 9.38. The fraction of sp³-hybridized carbons (Fsp3) is 0.360. The lowest BCUT2D eigenvalue weighted by molar-refractivity contribution is 0.0600. The van der Waals surface area contributed by atoms with Crippen LogP contribution in [-0.2, 0) is 17.6 Å². The molecule has 0 amide bonds. The molecule has 1 saturated carbocycles. The third-order valence-corrected chi connectivity index (χ3v) is 7.14. The van der Waals surface area contributed by atoms with Gasteiger partial charge in [0.25, 0.3) is 0 Å². The number of pyridine rings is 1. The van der Waals surface area contributed by atoms with Crippen LogP contribution in [0.15, 0.2) is 41.1 Å². The maximum Gasteiger partial charge on any atom is 0.337 e. The number of anilines is 1. The van der Waals surface area contributed by atoms with Gasteiger partial charge in [0, 0.05) is 29.8 Å². The maximum absolute atomic E-state index is 12.0. The second-order valence-electron chi connectivity index (χ2n) is 8.60. The lowest BCUT2D eigenvalue weighted by Gasteiger charge is -2.28. The molecule has 5 rings (SSSR count). The van der Waals surface area contributed by atoms with Crippen molar-refractivity contribution in [2.24, 2.45) is 5.73 Å². The zero-order valence-electron chi connectivity index (χ0n) is 17.7. The van der Waals surface area contributed by atoms with E-state index in [1.54, 1.807) is 11.3 Å². The summed E-state index contributed by atoms with van der Waals surface area (Å²) in [4.78, 5) is 17.1. The number of hydrogen-bond donors (Lipinski definition) is 2. The summed E-state index contributed by atoms with van der Waals surface area (Å²) in [5.74, 6) is 0.666. The largest absolute Gasteiger partial charge is 0.465 e. The number of thiophene rings is 1. The van der Waals surface area contributed by atoms with E-state index in [1.165, 1.54) is 23.8 Å². The van der Waals surface area contributed by atoms with E-state index in [9.17, 15) is 4.79 Å². The Morgan fingerprint density at radius 1 is 1.19 bits per heavy atom. The summed E-state index contributed by atoms with van der Waals surface area (Å²) in [6.07, 6.45) is 5.87. The van der Waals surface area contributed by atoms with Crippen LogP contribution in [0.2, 0.25) is 0 Å². The molecule has 0 atom stereocenters. The fourth-order valence-electron chi connectivity index (χ4n) is 4.79. The predicted octanol–water partition coefficient (Wildman–Crippen LogP) is 4.77. The summed E-state index contributed by atoms with van der Waals surface area (Å²) in [5.41, 5.74) is 13.8. The predicted molar refractivity (Wildman–Crippen MR) is 125 cm³/mol. The molecule has 2 aliphatic carbocycles. The molecule has 0 spiro atoms. The summed E-state index contributed by atoms with van der Waals surface area (Å²) in [7, 11) is 1.42. The molecule has 6 heteroatoms. The minimum atomic E-state index is -0.299. The van der Waals surface area contributed by atoms with E-state index < -0.39 is 0 Å². The number of hydrogen-bond acceptors (Lipinski definition) is 6. The van der Waals surface area contributed by atoms with E-state index in [1.807, 2.05) is 18.2 Å². The first kappa shape index (κ1) is 20.2. The molecule has 2 aliphatic rings. The van der Waals surface area contributed by atoms with Gasteiger partial charge in [-0.15, -0.1) is 0 Å². The molecule has 0 saturated heterocycles. The molecule has 3 aromatic rings. The Morgan fingerprint density at radius 2 is 2.03 bits per heavy atom. The van der Waals surface area contributed by atoms with Crippen molar-refractivity contribution >= 4 is 23.1 Å². The van der Waals surface area contributed by atoms with E-state index in [2.05, 4.69) is 28.2 Å². The number of nitrogens with two attached hydrogens (primary N) is 1. The summed E-state index contributed by atoms with van der Waals surface area (Å²) < 4.78 is 4.91. The van der Waals surface area contributed by atoms with E-state index >= 15 is 0 Å². The van der Waals surface area contributed by atoms with Crippen LogP contribution in [0.3, 0.4) is 0 Å². The molecule has 0 radical (unpaired) electrons. The van der Waals surface area contributed by atoms with Crippen molar-refractivity contribution < 1.29 is 9.53 Å². The Morgan fingerprint density at radius 3 is 2.77 bits per heavy atom. The summed E-state index contributed by atoms with van der Waals surface area (Å²) in [6, 6.07) is 10.9. The van der Waals surface area contributed by atoms with Gasteiger partial charge in [-0.2, -0.15) is 11.3 Å². The summed E-state index contributed by atoms with van der Waals surface area (Å²) in [6.45, 7) is 0. The number of nitrogens with one attached hydrogen (secondary N) is 1. The van der Waals surface area contributed by atoms with Gasteiger partial charge in [0.05, 0.1) is 12.7 Å². The molecule has 160 valence electrons. The number of aromatic nitrogens is 1. The Bertz CT molecular complexity index is 1100. The Balaban J connectivity index is 1.52. The van der Waals surface area contributed by atoms with Crippen molar-refractivity contribution in [3.63, 3.8) is 0 Å². The third-order valence-electron chi connectivity index (χ3n) is 6.41. The fourth-order valence-corrected chi connectivity index (χ4v) is 5.45. The van der Waals surface area contributed by atoms with Gasteiger partial charge in [-0.05, 0) is 89.4 Å². The molecule has 0 bridgehead atoms. The number of rotatable bonds is 5. The zero-order chi connectivity index (χ0) is 21.4. The minimum Gasteiger partial charge on any atom is -0.465 e. The number of nitrogens with zero attached hydrogens (tertiary/aromatic N) is 1. The van der Waals surface area contributed by atoms with E-state index in [4.69, 9.17) is 15.5 Å². The topological polar surface area (TPSA) is 77.2 Å². The molecular weight excluding hydrogens is 406 g/mol. The number of fused-ring (bicyclic) bond motifs is 3. The van der Waals surface area contributed by atoms with Crippen LogP contribution in [0.5, 0.6) is 0 Å². The summed E-state index contributed by atoms with van der Waals surface area (Å²) in [5, 5.41) is 8.05. The molecule has 3 N–H and O–H groups in total. The lowest BCUT2D eigenvalue weighted by Crippen LogP contribution is -2.33. The standard InChI is InChI=1S/C25H27N3O2S/c1-30-25(29)16-2-7-22-17(11-16)12-18-13-21(10-15-8-9-31-14-15)28-24(23(18)22)27-20-5-3-19(26)4-6-20/h2,7-9,11,13-14,19-20H,3-6,10,12,26H2,1H3,(H,27,28). The number of carbonyl (C=O) groups excluding carboxylic acids is 1. The van der Waals surface area contributed by atoms with Crippen LogP contribution in [0.1, 0.15) is 58.4 Å². The quantitative estimate of drug-likeness (QED) is 0.443. The van der Waals surface area contributed by atoms with Gasteiger partial charge in [-0.3, -0.25) is 0 Å². The van der Waals surface area contributed by atoms with Crippen molar-refractivity contribution in [2.75, 3.05) is 12.4 Å². The number of carbonyl (C=O) groups is 1. The van der Waals surface area contributed by atoms with Crippen LogP contribution in [0.4, 0.5) is 5.82 Å². The first-order valence-corrected chi connectivity index (χ1v) is 11.8. The van der Waals surface area contributed by atoms with Crippen molar-refractivity contribution in [3.05, 3.63) is 69.0 Å². The molecule has 5 nitrogen and oxygen atoms in total. The average Bonchev–Trinajstić information content (AvgIpc) is 3.41. The van der Waals surface area contributed by atoms with E-state index in [0.29, 0.717) is 17.6 Å². The first-order chi connectivity index (χ1) is 15.1. The smallest absolute Gasteiger partial charge is 0.337 e.